The van der Waals surface area contributed by atoms with Gasteiger partial charge in [0.1, 0.15) is 0 Å². The lowest BCUT2D eigenvalue weighted by Crippen LogP contribution is -2.07. The summed E-state index contributed by atoms with van der Waals surface area (Å²) in [6.45, 7) is 17.2. The van der Waals surface area contributed by atoms with Crippen LogP contribution < -0.4 is 0 Å². The van der Waals surface area contributed by atoms with Gasteiger partial charge in [-0.2, -0.15) is 0 Å². The van der Waals surface area contributed by atoms with E-state index in [0.717, 1.165) is 11.8 Å². The van der Waals surface area contributed by atoms with Crippen LogP contribution in [0.5, 0.6) is 0 Å². The van der Waals surface area contributed by atoms with Gasteiger partial charge in [-0.1, -0.05) is 74.7 Å². The zero-order valence-corrected chi connectivity index (χ0v) is 11.3. The molecule has 0 aromatic carbocycles. The van der Waals surface area contributed by atoms with Crippen LogP contribution >= 0.6 is 0 Å². The highest BCUT2D eigenvalue weighted by Crippen LogP contribution is 2.21. The van der Waals surface area contributed by atoms with E-state index in [2.05, 4.69) is 27.7 Å². The van der Waals surface area contributed by atoms with E-state index in [1.54, 1.807) is 0 Å². The fourth-order valence-corrected chi connectivity index (χ4v) is 1.43. The number of hydrogen-bond acceptors (Lipinski definition) is 0. The molecule has 0 N–H and O–H groups in total. The van der Waals surface area contributed by atoms with Gasteiger partial charge in [-0.15, -0.1) is 0 Å². The third kappa shape index (κ3) is 12.0. The highest BCUT2D eigenvalue weighted by atomic mass is 14.2. The first kappa shape index (κ1) is 18.7. The van der Waals surface area contributed by atoms with E-state index in [-0.39, 0.29) is 0 Å². The van der Waals surface area contributed by atoms with Crippen LogP contribution in [0.2, 0.25) is 0 Å². The van der Waals surface area contributed by atoms with Crippen molar-refractivity contribution in [3.8, 4) is 0 Å². The second-order valence-electron chi connectivity index (χ2n) is 2.96. The first-order chi connectivity index (χ1) is 6.26. The Morgan fingerprint density at radius 3 is 1.08 bits per heavy atom. The Hall–Kier alpha value is 0. The molecule has 0 heteroatoms. The summed E-state index contributed by atoms with van der Waals surface area (Å²) in [4.78, 5) is 0. The van der Waals surface area contributed by atoms with Gasteiger partial charge in [0.15, 0.2) is 0 Å². The molecule has 1 unspecified atom stereocenters. The van der Waals surface area contributed by atoms with Gasteiger partial charge in [-0.05, 0) is 11.8 Å². The molecule has 0 aromatic rings. The molecule has 0 radical (unpaired) electrons. The lowest BCUT2D eigenvalue weighted by Gasteiger charge is -2.18. The van der Waals surface area contributed by atoms with E-state index in [4.69, 9.17) is 0 Å². The van der Waals surface area contributed by atoms with Crippen LogP contribution in [-0.4, -0.2) is 0 Å². The zero-order valence-electron chi connectivity index (χ0n) is 11.3. The summed E-state index contributed by atoms with van der Waals surface area (Å²) in [5, 5.41) is 0. The summed E-state index contributed by atoms with van der Waals surface area (Å²) in [7, 11) is 0. The van der Waals surface area contributed by atoms with Crippen molar-refractivity contribution >= 4 is 0 Å². The van der Waals surface area contributed by atoms with Gasteiger partial charge >= 0.3 is 0 Å². The van der Waals surface area contributed by atoms with E-state index in [9.17, 15) is 0 Å². The SMILES string of the molecule is CC.CC.CCC(C)C(CC)CC. The minimum Gasteiger partial charge on any atom is -0.0683 e. The van der Waals surface area contributed by atoms with Gasteiger partial charge in [0, 0.05) is 0 Å². The molecule has 0 saturated heterocycles. The first-order valence-corrected chi connectivity index (χ1v) is 6.26. The summed E-state index contributed by atoms with van der Waals surface area (Å²) in [5.74, 6) is 1.90. The molecule has 0 bridgehead atoms. The van der Waals surface area contributed by atoms with E-state index in [1.165, 1.54) is 19.3 Å². The van der Waals surface area contributed by atoms with Gasteiger partial charge in [0.05, 0.1) is 0 Å². The van der Waals surface area contributed by atoms with Gasteiger partial charge in [-0.3, -0.25) is 0 Å². The molecule has 0 spiro atoms. The highest BCUT2D eigenvalue weighted by molar-refractivity contribution is 4.60. The van der Waals surface area contributed by atoms with Gasteiger partial charge < -0.3 is 0 Å². The van der Waals surface area contributed by atoms with Crippen LogP contribution in [0.3, 0.4) is 0 Å². The van der Waals surface area contributed by atoms with Crippen LogP contribution in [0.4, 0.5) is 0 Å². The minimum atomic E-state index is 0.931. The van der Waals surface area contributed by atoms with E-state index in [0.29, 0.717) is 0 Å². The lowest BCUT2D eigenvalue weighted by molar-refractivity contribution is 0.328. The van der Waals surface area contributed by atoms with Crippen molar-refractivity contribution < 1.29 is 0 Å². The molecule has 13 heavy (non-hydrogen) atoms. The highest BCUT2D eigenvalue weighted by Gasteiger charge is 2.09. The Kier molecular flexibility index (Phi) is 25.8. The number of hydrogen-bond donors (Lipinski definition) is 0. The normalized spacial score (nSPS) is 10.8. The summed E-state index contributed by atoms with van der Waals surface area (Å²) >= 11 is 0. The second kappa shape index (κ2) is 17.9. The van der Waals surface area contributed by atoms with Crippen molar-refractivity contribution in [2.45, 2.75) is 74.7 Å². The Balaban J connectivity index is -0.000000218. The van der Waals surface area contributed by atoms with Crippen LogP contribution in [0.1, 0.15) is 74.7 Å². The largest absolute Gasteiger partial charge is 0.0683 e. The van der Waals surface area contributed by atoms with Crippen molar-refractivity contribution in [1.82, 2.24) is 0 Å². The lowest BCUT2D eigenvalue weighted by atomic mass is 9.88. The fourth-order valence-electron chi connectivity index (χ4n) is 1.43. The summed E-state index contributed by atoms with van der Waals surface area (Å²) in [6.07, 6.45) is 4.04. The average Bonchev–Trinajstić information content (AvgIpc) is 2.25. The van der Waals surface area contributed by atoms with Gasteiger partial charge in [-0.25, -0.2) is 0 Å². The maximum atomic E-state index is 2.36. The van der Waals surface area contributed by atoms with Gasteiger partial charge in [0.25, 0.3) is 0 Å². The van der Waals surface area contributed by atoms with E-state index in [1.807, 2.05) is 27.7 Å². The maximum absolute atomic E-state index is 2.36. The molecule has 84 valence electrons. The first-order valence-electron chi connectivity index (χ1n) is 6.26. The average molecular weight is 188 g/mol. The molecule has 0 aliphatic carbocycles. The van der Waals surface area contributed by atoms with Crippen LogP contribution in [0.15, 0.2) is 0 Å². The topological polar surface area (TPSA) is 0 Å². The number of rotatable bonds is 4. The molecule has 0 aliphatic heterocycles. The maximum Gasteiger partial charge on any atom is -0.0394 e. The molecule has 0 fully saturated rings. The summed E-state index contributed by atoms with van der Waals surface area (Å²) < 4.78 is 0. The van der Waals surface area contributed by atoms with Crippen molar-refractivity contribution in [2.75, 3.05) is 0 Å². The van der Waals surface area contributed by atoms with Crippen LogP contribution in [0.25, 0.3) is 0 Å². The quantitative estimate of drug-likeness (QED) is 0.545. The molecule has 0 aliphatic rings. The van der Waals surface area contributed by atoms with Crippen molar-refractivity contribution in [3.63, 3.8) is 0 Å². The van der Waals surface area contributed by atoms with Crippen molar-refractivity contribution in [2.24, 2.45) is 11.8 Å². The standard InChI is InChI=1S/C9H20.2C2H6/c1-5-8(4)9(6-2)7-3;2*1-2/h8-9H,5-7H2,1-4H3;2*1-2H3. The predicted molar refractivity (Wildman–Crippen MR) is 66.2 cm³/mol. The Labute approximate surface area is 87.1 Å². The third-order valence-corrected chi connectivity index (χ3v) is 2.50. The summed E-state index contributed by atoms with van der Waals surface area (Å²) in [6, 6.07) is 0. The van der Waals surface area contributed by atoms with Crippen LogP contribution in [0, 0.1) is 11.8 Å². The molecule has 0 saturated carbocycles. The molecule has 0 rings (SSSR count). The minimum absolute atomic E-state index is 0.931. The van der Waals surface area contributed by atoms with Crippen molar-refractivity contribution in [3.05, 3.63) is 0 Å². The fraction of sp³-hybridized carbons (Fsp3) is 1.00. The smallest absolute Gasteiger partial charge is 0.0394 e. The monoisotopic (exact) mass is 188 g/mol. The van der Waals surface area contributed by atoms with Crippen LogP contribution in [-0.2, 0) is 0 Å². The summed E-state index contributed by atoms with van der Waals surface area (Å²) in [5.41, 5.74) is 0. The molecule has 0 amide bonds. The molecule has 0 heterocycles. The third-order valence-electron chi connectivity index (χ3n) is 2.50. The van der Waals surface area contributed by atoms with E-state index < -0.39 is 0 Å². The van der Waals surface area contributed by atoms with E-state index >= 15 is 0 Å². The zero-order chi connectivity index (χ0) is 11.3. The van der Waals surface area contributed by atoms with Gasteiger partial charge in [0.2, 0.25) is 0 Å². The second-order valence-corrected chi connectivity index (χ2v) is 2.96. The predicted octanol–water partition coefficient (Wildman–Crippen LogP) is 5.52. The van der Waals surface area contributed by atoms with Crippen molar-refractivity contribution in [1.29, 1.82) is 0 Å². The molecule has 1 atom stereocenters. The molecular weight excluding hydrogens is 156 g/mol. The Morgan fingerprint density at radius 2 is 1.00 bits per heavy atom. The Morgan fingerprint density at radius 1 is 0.692 bits per heavy atom. The molecule has 0 nitrogen and oxygen atoms in total. The Bertz CT molecular complexity index is 53.1. The molecular formula is C13H32. The molecule has 0 aromatic heterocycles.